The van der Waals surface area contributed by atoms with Crippen LogP contribution in [0, 0.1) is 0 Å². The third kappa shape index (κ3) is 3.13. The van der Waals surface area contributed by atoms with Crippen LogP contribution in [-0.2, 0) is 11.2 Å². The number of ether oxygens (including phenoxy) is 1. The molecule has 1 saturated heterocycles. The first-order valence-corrected chi connectivity index (χ1v) is 7.05. The van der Waals surface area contributed by atoms with Gasteiger partial charge in [-0.1, -0.05) is 13.3 Å². The molecule has 0 spiro atoms. The number of carbonyl (C=O) groups is 1. The summed E-state index contributed by atoms with van der Waals surface area (Å²) in [6.07, 6.45) is 3.75. The molecule has 1 aliphatic heterocycles. The van der Waals surface area contributed by atoms with Crippen molar-refractivity contribution in [1.29, 1.82) is 0 Å². The Hall–Kier alpha value is -1.53. The normalized spacial score (nSPS) is 22.2. The van der Waals surface area contributed by atoms with Gasteiger partial charge >= 0.3 is 0 Å². The molecule has 110 valence electrons. The number of rotatable bonds is 5. The Labute approximate surface area is 118 Å². The molecule has 2 rings (SSSR count). The number of aliphatic hydroxyl groups is 1. The summed E-state index contributed by atoms with van der Waals surface area (Å²) in [7, 11) is 0. The fourth-order valence-electron chi connectivity index (χ4n) is 2.44. The van der Waals surface area contributed by atoms with Crippen molar-refractivity contribution in [3.8, 4) is 0 Å². The van der Waals surface area contributed by atoms with E-state index in [1.54, 1.807) is 11.1 Å². The van der Waals surface area contributed by atoms with Crippen LogP contribution >= 0.6 is 0 Å². The molecule has 1 aliphatic rings. The molecule has 2 heterocycles. The lowest BCUT2D eigenvalue weighted by Gasteiger charge is -2.17. The third-order valence-electron chi connectivity index (χ3n) is 3.42. The van der Waals surface area contributed by atoms with Crippen molar-refractivity contribution in [2.24, 2.45) is 0 Å². The predicted octanol–water partition coefficient (Wildman–Crippen LogP) is 0.651. The molecule has 1 N–H and O–H groups in total. The average molecular weight is 279 g/mol. The molecule has 0 saturated carbocycles. The van der Waals surface area contributed by atoms with Crippen LogP contribution < -0.4 is 0 Å². The van der Waals surface area contributed by atoms with E-state index in [2.05, 4.69) is 9.97 Å². The van der Waals surface area contributed by atoms with Gasteiger partial charge in [0.25, 0.3) is 5.91 Å². The van der Waals surface area contributed by atoms with Gasteiger partial charge in [-0.2, -0.15) is 0 Å². The van der Waals surface area contributed by atoms with Crippen LogP contribution in [0.5, 0.6) is 0 Å². The fourth-order valence-corrected chi connectivity index (χ4v) is 2.44. The van der Waals surface area contributed by atoms with Crippen molar-refractivity contribution in [1.82, 2.24) is 14.9 Å². The van der Waals surface area contributed by atoms with E-state index in [1.807, 2.05) is 13.8 Å². The van der Waals surface area contributed by atoms with E-state index in [1.165, 1.54) is 6.33 Å². The molecule has 1 fully saturated rings. The monoisotopic (exact) mass is 279 g/mol. The van der Waals surface area contributed by atoms with Crippen LogP contribution in [0.15, 0.2) is 12.5 Å². The summed E-state index contributed by atoms with van der Waals surface area (Å²) in [5.74, 6) is -0.129. The largest absolute Gasteiger partial charge is 0.388 e. The summed E-state index contributed by atoms with van der Waals surface area (Å²) in [6, 6.07) is 0. The van der Waals surface area contributed by atoms with Gasteiger partial charge in [0.1, 0.15) is 12.4 Å². The summed E-state index contributed by atoms with van der Waals surface area (Å²) in [6.45, 7) is 5.15. The van der Waals surface area contributed by atoms with Crippen molar-refractivity contribution >= 4 is 5.91 Å². The van der Waals surface area contributed by atoms with Gasteiger partial charge in [-0.25, -0.2) is 9.97 Å². The Kier molecular flexibility index (Phi) is 5.03. The lowest BCUT2D eigenvalue weighted by atomic mass is 10.1. The zero-order valence-corrected chi connectivity index (χ0v) is 12.0. The zero-order chi connectivity index (χ0) is 14.5. The molecule has 0 aromatic carbocycles. The van der Waals surface area contributed by atoms with Gasteiger partial charge in [0.05, 0.1) is 17.4 Å². The van der Waals surface area contributed by atoms with Crippen LogP contribution in [0.3, 0.4) is 0 Å². The van der Waals surface area contributed by atoms with Crippen LogP contribution in [0.25, 0.3) is 0 Å². The minimum atomic E-state index is -0.627. The maximum absolute atomic E-state index is 12.5. The van der Waals surface area contributed by atoms with Crippen LogP contribution in [0.1, 0.15) is 36.3 Å². The number of β-amino-alcohol motifs (C(OH)–C–C–N with tert-alkyl or cyclic N) is 1. The molecule has 6 nitrogen and oxygen atoms in total. The molecule has 1 aromatic rings. The zero-order valence-electron chi connectivity index (χ0n) is 12.0. The number of amides is 1. The number of nitrogens with zero attached hydrogens (tertiary/aromatic N) is 3. The van der Waals surface area contributed by atoms with Crippen LogP contribution in [-0.4, -0.2) is 57.8 Å². The Morgan fingerprint density at radius 2 is 2.30 bits per heavy atom. The summed E-state index contributed by atoms with van der Waals surface area (Å²) < 4.78 is 5.43. The second-order valence-corrected chi connectivity index (χ2v) is 4.90. The quantitative estimate of drug-likeness (QED) is 0.856. The Bertz CT molecular complexity index is 467. The summed E-state index contributed by atoms with van der Waals surface area (Å²) in [5.41, 5.74) is 1.29. The summed E-state index contributed by atoms with van der Waals surface area (Å²) in [4.78, 5) is 22.3. The molecule has 2 atom stereocenters. The van der Waals surface area contributed by atoms with E-state index in [0.29, 0.717) is 25.3 Å². The first kappa shape index (κ1) is 14.9. The highest BCUT2D eigenvalue weighted by Crippen LogP contribution is 2.18. The molecule has 1 amide bonds. The smallest absolute Gasteiger partial charge is 0.257 e. The Balaban J connectivity index is 2.12. The van der Waals surface area contributed by atoms with E-state index >= 15 is 0 Å². The van der Waals surface area contributed by atoms with Gasteiger partial charge in [-0.05, 0) is 13.3 Å². The standard InChI is InChI=1S/C14H21N3O3/c1-3-5-11-10(6-15-9-16-11)14(19)17-7-12(18)13(8-17)20-4-2/h6,9,12-13,18H,3-5,7-8H2,1-2H3/t12-,13-/m0/s1. The topological polar surface area (TPSA) is 75.6 Å². The predicted molar refractivity (Wildman–Crippen MR) is 73.4 cm³/mol. The second kappa shape index (κ2) is 6.76. The number of aliphatic hydroxyl groups excluding tert-OH is 1. The molecule has 0 aliphatic carbocycles. The minimum absolute atomic E-state index is 0.129. The highest BCUT2D eigenvalue weighted by Gasteiger charge is 2.35. The molecule has 6 heteroatoms. The van der Waals surface area contributed by atoms with Crippen molar-refractivity contribution in [3.05, 3.63) is 23.8 Å². The second-order valence-electron chi connectivity index (χ2n) is 4.90. The Morgan fingerprint density at radius 1 is 1.50 bits per heavy atom. The van der Waals surface area contributed by atoms with E-state index in [9.17, 15) is 9.90 Å². The number of likely N-dealkylation sites (tertiary alicyclic amines) is 1. The van der Waals surface area contributed by atoms with Gasteiger partial charge < -0.3 is 14.7 Å². The van der Waals surface area contributed by atoms with Gasteiger partial charge in [0.2, 0.25) is 0 Å². The highest BCUT2D eigenvalue weighted by molar-refractivity contribution is 5.95. The van der Waals surface area contributed by atoms with E-state index in [-0.39, 0.29) is 12.0 Å². The van der Waals surface area contributed by atoms with Crippen molar-refractivity contribution in [2.75, 3.05) is 19.7 Å². The number of carbonyl (C=O) groups excluding carboxylic acids is 1. The molecular formula is C14H21N3O3. The van der Waals surface area contributed by atoms with E-state index in [0.717, 1.165) is 18.5 Å². The van der Waals surface area contributed by atoms with E-state index in [4.69, 9.17) is 4.74 Å². The van der Waals surface area contributed by atoms with Gasteiger partial charge in [-0.15, -0.1) is 0 Å². The molecule has 0 unspecified atom stereocenters. The summed E-state index contributed by atoms with van der Waals surface area (Å²) in [5, 5.41) is 9.91. The molecule has 1 aromatic heterocycles. The molecular weight excluding hydrogens is 258 g/mol. The molecule has 20 heavy (non-hydrogen) atoms. The number of hydrogen-bond acceptors (Lipinski definition) is 5. The SMILES string of the molecule is CCCc1ncncc1C(=O)N1C[C@H](OCC)[C@@H](O)C1. The van der Waals surface area contributed by atoms with Gasteiger partial charge in [0, 0.05) is 25.9 Å². The van der Waals surface area contributed by atoms with Crippen LogP contribution in [0.4, 0.5) is 0 Å². The third-order valence-corrected chi connectivity index (χ3v) is 3.42. The first-order chi connectivity index (χ1) is 9.67. The molecule has 0 radical (unpaired) electrons. The number of aromatic nitrogens is 2. The average Bonchev–Trinajstić information content (AvgIpc) is 2.81. The van der Waals surface area contributed by atoms with Crippen LogP contribution in [0.2, 0.25) is 0 Å². The maximum Gasteiger partial charge on any atom is 0.257 e. The minimum Gasteiger partial charge on any atom is -0.388 e. The highest BCUT2D eigenvalue weighted by atomic mass is 16.5. The first-order valence-electron chi connectivity index (χ1n) is 7.05. The Morgan fingerprint density at radius 3 is 3.00 bits per heavy atom. The van der Waals surface area contributed by atoms with Gasteiger partial charge in [0.15, 0.2) is 0 Å². The van der Waals surface area contributed by atoms with Crippen molar-refractivity contribution in [3.63, 3.8) is 0 Å². The summed E-state index contributed by atoms with van der Waals surface area (Å²) >= 11 is 0. The fraction of sp³-hybridized carbons (Fsp3) is 0.643. The number of hydrogen-bond donors (Lipinski definition) is 1. The van der Waals surface area contributed by atoms with Crippen molar-refractivity contribution in [2.45, 2.75) is 38.9 Å². The lowest BCUT2D eigenvalue weighted by Crippen LogP contribution is -2.31. The molecule has 0 bridgehead atoms. The lowest BCUT2D eigenvalue weighted by molar-refractivity contribution is -0.00237. The number of aryl methyl sites for hydroxylation is 1. The van der Waals surface area contributed by atoms with Gasteiger partial charge in [-0.3, -0.25) is 4.79 Å². The maximum atomic E-state index is 12.5. The van der Waals surface area contributed by atoms with Crippen molar-refractivity contribution < 1.29 is 14.6 Å². The van der Waals surface area contributed by atoms with E-state index < -0.39 is 6.10 Å².